The van der Waals surface area contributed by atoms with Crippen LogP contribution < -0.4 is 10.2 Å². The molecule has 1 atom stereocenters. The summed E-state index contributed by atoms with van der Waals surface area (Å²) in [5, 5.41) is 2.94. The van der Waals surface area contributed by atoms with Crippen molar-refractivity contribution in [1.29, 1.82) is 0 Å². The first kappa shape index (κ1) is 16.4. The molecule has 3 rings (SSSR count). The summed E-state index contributed by atoms with van der Waals surface area (Å²) in [7, 11) is 1.77. The SMILES string of the molecule is CC(c1ccco1)N(C)C(=O)Nc1ccc(N2CCCCC2)cc1. The van der Waals surface area contributed by atoms with Gasteiger partial charge in [0, 0.05) is 31.5 Å². The van der Waals surface area contributed by atoms with Crippen molar-refractivity contribution in [2.24, 2.45) is 0 Å². The van der Waals surface area contributed by atoms with Crippen LogP contribution in [-0.4, -0.2) is 31.1 Å². The van der Waals surface area contributed by atoms with Gasteiger partial charge in [-0.25, -0.2) is 4.79 Å². The third-order valence-electron chi connectivity index (χ3n) is 4.70. The molecule has 1 unspecified atom stereocenters. The number of hydrogen-bond donors (Lipinski definition) is 1. The minimum Gasteiger partial charge on any atom is -0.467 e. The van der Waals surface area contributed by atoms with Gasteiger partial charge < -0.3 is 19.5 Å². The van der Waals surface area contributed by atoms with Crippen LogP contribution >= 0.6 is 0 Å². The molecule has 1 aromatic heterocycles. The van der Waals surface area contributed by atoms with Gasteiger partial charge in [-0.1, -0.05) is 0 Å². The largest absolute Gasteiger partial charge is 0.467 e. The Morgan fingerprint density at radius 3 is 2.50 bits per heavy atom. The van der Waals surface area contributed by atoms with Gasteiger partial charge in [0.1, 0.15) is 5.76 Å². The smallest absolute Gasteiger partial charge is 0.322 e. The Labute approximate surface area is 143 Å². The van der Waals surface area contributed by atoms with Crippen LogP contribution in [0, 0.1) is 0 Å². The standard InChI is InChI=1S/C19H25N3O2/c1-15(18-7-6-14-24-18)21(2)19(23)20-16-8-10-17(11-9-16)22-12-4-3-5-13-22/h6-11,14-15H,3-5,12-13H2,1-2H3,(H,20,23). The van der Waals surface area contributed by atoms with E-state index >= 15 is 0 Å². The molecule has 0 aliphatic carbocycles. The van der Waals surface area contributed by atoms with Gasteiger partial charge >= 0.3 is 6.03 Å². The fourth-order valence-corrected chi connectivity index (χ4v) is 3.02. The summed E-state index contributed by atoms with van der Waals surface area (Å²) in [6.45, 7) is 4.18. The maximum atomic E-state index is 12.4. The van der Waals surface area contributed by atoms with E-state index in [9.17, 15) is 4.79 Å². The number of nitrogens with zero attached hydrogens (tertiary/aromatic N) is 2. The second kappa shape index (κ2) is 7.43. The lowest BCUT2D eigenvalue weighted by atomic mass is 10.1. The van der Waals surface area contributed by atoms with Crippen molar-refractivity contribution in [3.63, 3.8) is 0 Å². The van der Waals surface area contributed by atoms with Gasteiger partial charge in [-0.05, 0) is 62.6 Å². The molecule has 1 saturated heterocycles. The van der Waals surface area contributed by atoms with Crippen LogP contribution in [0.4, 0.5) is 16.2 Å². The summed E-state index contributed by atoms with van der Waals surface area (Å²) in [6, 6.07) is 11.5. The maximum Gasteiger partial charge on any atom is 0.322 e. The number of furan rings is 1. The zero-order valence-corrected chi connectivity index (χ0v) is 14.4. The van der Waals surface area contributed by atoms with E-state index in [1.807, 2.05) is 31.2 Å². The highest BCUT2D eigenvalue weighted by molar-refractivity contribution is 5.89. The van der Waals surface area contributed by atoms with Crippen molar-refractivity contribution < 1.29 is 9.21 Å². The molecular formula is C19H25N3O2. The number of amides is 2. The van der Waals surface area contributed by atoms with Gasteiger partial charge in [0.25, 0.3) is 0 Å². The van der Waals surface area contributed by atoms with Crippen LogP contribution in [0.25, 0.3) is 0 Å². The molecule has 0 spiro atoms. The zero-order valence-electron chi connectivity index (χ0n) is 14.4. The van der Waals surface area contributed by atoms with Crippen LogP contribution in [0.5, 0.6) is 0 Å². The molecule has 24 heavy (non-hydrogen) atoms. The first-order chi connectivity index (χ1) is 11.6. The fraction of sp³-hybridized carbons (Fsp3) is 0.421. The second-order valence-electron chi connectivity index (χ2n) is 6.33. The van der Waals surface area contributed by atoms with Gasteiger partial charge in [-0.2, -0.15) is 0 Å². The summed E-state index contributed by atoms with van der Waals surface area (Å²) in [4.78, 5) is 16.4. The monoisotopic (exact) mass is 327 g/mol. The molecule has 1 fully saturated rings. The number of piperidine rings is 1. The number of hydrogen-bond acceptors (Lipinski definition) is 3. The second-order valence-corrected chi connectivity index (χ2v) is 6.33. The van der Waals surface area contributed by atoms with E-state index in [1.54, 1.807) is 18.2 Å². The van der Waals surface area contributed by atoms with Crippen molar-refractivity contribution >= 4 is 17.4 Å². The summed E-state index contributed by atoms with van der Waals surface area (Å²) >= 11 is 0. The number of urea groups is 1. The average molecular weight is 327 g/mol. The Balaban J connectivity index is 1.59. The lowest BCUT2D eigenvalue weighted by Gasteiger charge is -2.29. The van der Waals surface area contributed by atoms with Gasteiger partial charge in [0.15, 0.2) is 0 Å². The molecule has 1 aromatic carbocycles. The molecule has 1 aliphatic rings. The Bertz CT molecular complexity index is 646. The minimum atomic E-state index is -0.148. The fourth-order valence-electron chi connectivity index (χ4n) is 3.02. The van der Waals surface area contributed by atoms with Crippen molar-refractivity contribution in [2.75, 3.05) is 30.4 Å². The summed E-state index contributed by atoms with van der Waals surface area (Å²) in [5.74, 6) is 0.771. The van der Waals surface area contributed by atoms with Crippen LogP contribution in [0.3, 0.4) is 0 Å². The molecule has 0 saturated carbocycles. The van der Waals surface area contributed by atoms with Crippen LogP contribution in [0.15, 0.2) is 47.1 Å². The number of carbonyl (C=O) groups excluding carboxylic acids is 1. The van der Waals surface area contributed by atoms with E-state index in [0.717, 1.165) is 24.5 Å². The first-order valence-corrected chi connectivity index (χ1v) is 8.57. The Kier molecular flexibility index (Phi) is 5.08. The highest BCUT2D eigenvalue weighted by Gasteiger charge is 2.19. The van der Waals surface area contributed by atoms with Crippen molar-refractivity contribution in [3.05, 3.63) is 48.4 Å². The molecule has 5 nitrogen and oxygen atoms in total. The Morgan fingerprint density at radius 1 is 1.17 bits per heavy atom. The number of benzene rings is 1. The number of nitrogens with one attached hydrogen (secondary N) is 1. The molecule has 2 aromatic rings. The Hall–Kier alpha value is -2.43. The van der Waals surface area contributed by atoms with E-state index in [4.69, 9.17) is 4.42 Å². The van der Waals surface area contributed by atoms with E-state index in [0.29, 0.717) is 0 Å². The lowest BCUT2D eigenvalue weighted by Crippen LogP contribution is -2.33. The molecule has 2 amide bonds. The van der Waals surface area contributed by atoms with E-state index in [1.165, 1.54) is 24.9 Å². The maximum absolute atomic E-state index is 12.4. The van der Waals surface area contributed by atoms with Gasteiger partial charge in [0.05, 0.1) is 12.3 Å². The third kappa shape index (κ3) is 3.72. The number of anilines is 2. The summed E-state index contributed by atoms with van der Waals surface area (Å²) in [5.41, 5.74) is 2.03. The predicted molar refractivity (Wildman–Crippen MR) is 96.4 cm³/mol. The summed E-state index contributed by atoms with van der Waals surface area (Å²) < 4.78 is 5.37. The van der Waals surface area contributed by atoms with Crippen LogP contribution in [-0.2, 0) is 0 Å². The van der Waals surface area contributed by atoms with Crippen LogP contribution in [0.1, 0.15) is 38.0 Å². The van der Waals surface area contributed by atoms with E-state index in [2.05, 4.69) is 22.3 Å². The minimum absolute atomic E-state index is 0.118. The zero-order chi connectivity index (χ0) is 16.9. The molecular weight excluding hydrogens is 302 g/mol. The van der Waals surface area contributed by atoms with Crippen LogP contribution in [0.2, 0.25) is 0 Å². The molecule has 128 valence electrons. The molecule has 0 bridgehead atoms. The van der Waals surface area contributed by atoms with Crippen molar-refractivity contribution in [2.45, 2.75) is 32.2 Å². The topological polar surface area (TPSA) is 48.7 Å². The molecule has 0 radical (unpaired) electrons. The average Bonchev–Trinajstić information content (AvgIpc) is 3.16. The number of carbonyl (C=O) groups is 1. The van der Waals surface area contributed by atoms with Crippen molar-refractivity contribution in [1.82, 2.24) is 4.90 Å². The quantitative estimate of drug-likeness (QED) is 0.900. The van der Waals surface area contributed by atoms with E-state index < -0.39 is 0 Å². The molecule has 1 aliphatic heterocycles. The van der Waals surface area contributed by atoms with E-state index in [-0.39, 0.29) is 12.1 Å². The number of rotatable bonds is 4. The Morgan fingerprint density at radius 2 is 1.88 bits per heavy atom. The molecule has 5 heteroatoms. The van der Waals surface area contributed by atoms with Gasteiger partial charge in [0.2, 0.25) is 0 Å². The highest BCUT2D eigenvalue weighted by atomic mass is 16.3. The predicted octanol–water partition coefficient (Wildman–Crippen LogP) is 4.49. The van der Waals surface area contributed by atoms with Gasteiger partial charge in [-0.3, -0.25) is 0 Å². The highest BCUT2D eigenvalue weighted by Crippen LogP contribution is 2.23. The molecule has 2 heterocycles. The first-order valence-electron chi connectivity index (χ1n) is 8.57. The summed E-state index contributed by atoms with van der Waals surface area (Å²) in [6.07, 6.45) is 5.46. The molecule has 1 N–H and O–H groups in total. The van der Waals surface area contributed by atoms with Crippen molar-refractivity contribution in [3.8, 4) is 0 Å². The normalized spacial score (nSPS) is 15.8. The lowest BCUT2D eigenvalue weighted by molar-refractivity contribution is 0.201. The van der Waals surface area contributed by atoms with Gasteiger partial charge in [-0.15, -0.1) is 0 Å². The third-order valence-corrected chi connectivity index (χ3v) is 4.70.